The monoisotopic (exact) mass is 540 g/mol. The fourth-order valence-corrected chi connectivity index (χ4v) is 3.49. The van der Waals surface area contributed by atoms with Gasteiger partial charge in [-0.2, -0.15) is 4.98 Å². The number of likely N-dealkylation sites (tertiary alicyclic amines) is 1. The number of halogens is 1. The van der Waals surface area contributed by atoms with Crippen LogP contribution in [0.25, 0.3) is 11.5 Å². The molecule has 0 bridgehead atoms. The summed E-state index contributed by atoms with van der Waals surface area (Å²) in [4.78, 5) is 22.8. The number of nitrogens with zero attached hydrogens (tertiary/aromatic N) is 4. The van der Waals surface area contributed by atoms with Crippen molar-refractivity contribution in [1.29, 1.82) is 0 Å². The zero-order valence-electron chi connectivity index (χ0n) is 18.7. The molecule has 170 valence electrons. The number of carbonyl (C=O) groups is 1. The van der Waals surface area contributed by atoms with Gasteiger partial charge in [-0.25, -0.2) is 0 Å². The molecule has 2 heterocycles. The number of rotatable bonds is 7. The molecule has 1 aliphatic rings. The van der Waals surface area contributed by atoms with E-state index in [-0.39, 0.29) is 41.8 Å². The molecule has 31 heavy (non-hydrogen) atoms. The van der Waals surface area contributed by atoms with Crippen molar-refractivity contribution < 1.29 is 9.32 Å². The molecule has 1 atom stereocenters. The third-order valence-electron chi connectivity index (χ3n) is 5.25. The minimum atomic E-state index is 0. The van der Waals surface area contributed by atoms with Crippen LogP contribution in [0.4, 0.5) is 0 Å². The number of benzene rings is 1. The quantitative estimate of drug-likeness (QED) is 0.319. The Hall–Kier alpha value is -2.17. The second-order valence-corrected chi connectivity index (χ2v) is 7.88. The molecule has 1 aromatic heterocycles. The van der Waals surface area contributed by atoms with E-state index >= 15 is 0 Å². The number of hydrogen-bond acceptors (Lipinski definition) is 5. The highest BCUT2D eigenvalue weighted by Crippen LogP contribution is 2.18. The number of carbonyl (C=O) groups excluding carboxylic acids is 1. The first kappa shape index (κ1) is 25.1. The average Bonchev–Trinajstić information content (AvgIpc) is 3.42. The van der Waals surface area contributed by atoms with Crippen LogP contribution in [0.3, 0.4) is 0 Å². The van der Waals surface area contributed by atoms with Crippen LogP contribution in [0.2, 0.25) is 0 Å². The number of aryl methyl sites for hydroxylation is 1. The van der Waals surface area contributed by atoms with E-state index < -0.39 is 0 Å². The van der Waals surface area contributed by atoms with E-state index in [9.17, 15) is 4.79 Å². The van der Waals surface area contributed by atoms with Crippen molar-refractivity contribution in [2.75, 3.05) is 26.7 Å². The number of guanidine groups is 1. The van der Waals surface area contributed by atoms with E-state index in [1.165, 1.54) is 5.56 Å². The van der Waals surface area contributed by atoms with Crippen LogP contribution in [0, 0.1) is 5.92 Å². The molecule has 0 spiro atoms. The highest BCUT2D eigenvalue weighted by molar-refractivity contribution is 14.0. The number of nitrogens with one attached hydrogen (secondary N) is 2. The lowest BCUT2D eigenvalue weighted by atomic mass is 10.1. The first-order valence-corrected chi connectivity index (χ1v) is 10.7. The van der Waals surface area contributed by atoms with E-state index in [0.29, 0.717) is 5.89 Å². The molecule has 1 unspecified atom stereocenters. The minimum absolute atomic E-state index is 0. The molecule has 2 aromatic rings. The van der Waals surface area contributed by atoms with Gasteiger partial charge in [0.25, 0.3) is 5.89 Å². The average molecular weight is 540 g/mol. The van der Waals surface area contributed by atoms with E-state index in [1.54, 1.807) is 7.05 Å². The first-order valence-electron chi connectivity index (χ1n) is 10.7. The summed E-state index contributed by atoms with van der Waals surface area (Å²) in [6.45, 7) is 8.19. The molecule has 2 N–H and O–H groups in total. The molecular weight excluding hydrogens is 507 g/mol. The molecule has 3 rings (SSSR count). The zero-order valence-corrected chi connectivity index (χ0v) is 21.1. The van der Waals surface area contributed by atoms with Crippen LogP contribution in [-0.2, 0) is 17.6 Å². The van der Waals surface area contributed by atoms with Crippen LogP contribution in [-0.4, -0.2) is 59.6 Å². The van der Waals surface area contributed by atoms with Crippen LogP contribution in [0.1, 0.15) is 38.6 Å². The summed E-state index contributed by atoms with van der Waals surface area (Å²) in [5, 5.41) is 10.7. The molecule has 1 aromatic carbocycles. The van der Waals surface area contributed by atoms with E-state index in [2.05, 4.69) is 37.9 Å². The van der Waals surface area contributed by atoms with Gasteiger partial charge in [-0.15, -0.1) is 24.0 Å². The number of aliphatic imine (C=N–C) groups is 1. The van der Waals surface area contributed by atoms with Crippen molar-refractivity contribution in [3.8, 4) is 11.5 Å². The summed E-state index contributed by atoms with van der Waals surface area (Å²) in [6.07, 6.45) is 2.57. The van der Waals surface area contributed by atoms with Gasteiger partial charge in [0.1, 0.15) is 0 Å². The number of aromatic nitrogens is 2. The molecular formula is C22H33IN6O2. The van der Waals surface area contributed by atoms with Crippen molar-refractivity contribution in [2.45, 2.75) is 46.1 Å². The molecule has 0 aliphatic carbocycles. The third kappa shape index (κ3) is 6.91. The fourth-order valence-electron chi connectivity index (χ4n) is 3.49. The summed E-state index contributed by atoms with van der Waals surface area (Å²) >= 11 is 0. The maximum absolute atomic E-state index is 12.1. The Morgan fingerprint density at radius 3 is 2.68 bits per heavy atom. The third-order valence-corrected chi connectivity index (χ3v) is 5.25. The fraction of sp³-hybridized carbons (Fsp3) is 0.545. The van der Waals surface area contributed by atoms with Crippen LogP contribution in [0.15, 0.2) is 33.8 Å². The standard InChI is InChI=1S/C22H32N6O2.HI/c1-5-19-26-20(30-27-19)17-8-6-16(7-9-17)10-12-24-22(23-4)25-18-11-13-28(14-18)21(29)15(2)3;/h6-9,15,18H,5,10-14H2,1-4H3,(H2,23,24,25);1H. The van der Waals surface area contributed by atoms with Gasteiger partial charge in [0.15, 0.2) is 11.8 Å². The van der Waals surface area contributed by atoms with E-state index in [1.807, 2.05) is 37.8 Å². The van der Waals surface area contributed by atoms with Gasteiger partial charge >= 0.3 is 0 Å². The second kappa shape index (κ2) is 12.0. The van der Waals surface area contributed by atoms with Crippen molar-refractivity contribution >= 4 is 35.8 Å². The van der Waals surface area contributed by atoms with Crippen molar-refractivity contribution in [1.82, 2.24) is 25.7 Å². The van der Waals surface area contributed by atoms with Gasteiger partial charge in [0.2, 0.25) is 5.91 Å². The molecule has 8 nitrogen and oxygen atoms in total. The van der Waals surface area contributed by atoms with Gasteiger partial charge in [-0.1, -0.05) is 38.1 Å². The minimum Gasteiger partial charge on any atom is -0.356 e. The SMILES string of the molecule is CCc1noc(-c2ccc(CCNC(=NC)NC3CCN(C(=O)C(C)C)C3)cc2)n1.I. The van der Waals surface area contributed by atoms with Gasteiger partial charge in [-0.3, -0.25) is 9.79 Å². The highest BCUT2D eigenvalue weighted by Gasteiger charge is 2.27. The Bertz CT molecular complexity index is 865. The van der Waals surface area contributed by atoms with Crippen LogP contribution in [0.5, 0.6) is 0 Å². The molecule has 0 saturated carbocycles. The largest absolute Gasteiger partial charge is 0.356 e. The number of hydrogen-bond donors (Lipinski definition) is 2. The predicted octanol–water partition coefficient (Wildman–Crippen LogP) is 2.88. The normalized spacial score (nSPS) is 16.4. The molecule has 0 radical (unpaired) electrons. The second-order valence-electron chi connectivity index (χ2n) is 7.88. The Labute approximate surface area is 201 Å². The van der Waals surface area contributed by atoms with Gasteiger partial charge < -0.3 is 20.1 Å². The lowest BCUT2D eigenvalue weighted by Crippen LogP contribution is -2.45. The van der Waals surface area contributed by atoms with Gasteiger partial charge in [0, 0.05) is 50.6 Å². The highest BCUT2D eigenvalue weighted by atomic mass is 127. The smallest absolute Gasteiger partial charge is 0.257 e. The van der Waals surface area contributed by atoms with Crippen LogP contribution < -0.4 is 10.6 Å². The van der Waals surface area contributed by atoms with Gasteiger partial charge in [0.05, 0.1) is 0 Å². The maximum Gasteiger partial charge on any atom is 0.257 e. The maximum atomic E-state index is 12.1. The topological polar surface area (TPSA) is 95.6 Å². The van der Waals surface area contributed by atoms with Crippen LogP contribution >= 0.6 is 24.0 Å². The summed E-state index contributed by atoms with van der Waals surface area (Å²) in [7, 11) is 1.77. The lowest BCUT2D eigenvalue weighted by Gasteiger charge is -2.20. The zero-order chi connectivity index (χ0) is 21.5. The molecule has 9 heteroatoms. The Balaban J connectivity index is 0.00000341. The Kier molecular flexibility index (Phi) is 9.73. The van der Waals surface area contributed by atoms with Crippen molar-refractivity contribution in [2.24, 2.45) is 10.9 Å². The van der Waals surface area contributed by atoms with Crippen molar-refractivity contribution in [3.63, 3.8) is 0 Å². The first-order chi connectivity index (χ1) is 14.5. The Morgan fingerprint density at radius 2 is 2.06 bits per heavy atom. The predicted molar refractivity (Wildman–Crippen MR) is 133 cm³/mol. The lowest BCUT2D eigenvalue weighted by molar-refractivity contribution is -0.133. The molecule has 1 fully saturated rings. The summed E-state index contributed by atoms with van der Waals surface area (Å²) in [5.74, 6) is 2.31. The summed E-state index contributed by atoms with van der Waals surface area (Å²) in [6, 6.07) is 8.41. The summed E-state index contributed by atoms with van der Waals surface area (Å²) < 4.78 is 5.29. The van der Waals surface area contributed by atoms with Crippen molar-refractivity contribution in [3.05, 3.63) is 35.7 Å². The van der Waals surface area contributed by atoms with E-state index in [0.717, 1.165) is 56.2 Å². The summed E-state index contributed by atoms with van der Waals surface area (Å²) in [5.41, 5.74) is 2.14. The van der Waals surface area contributed by atoms with E-state index in [4.69, 9.17) is 4.52 Å². The molecule has 1 aliphatic heterocycles. The molecule has 1 saturated heterocycles. The Morgan fingerprint density at radius 1 is 1.32 bits per heavy atom. The molecule has 1 amide bonds. The van der Waals surface area contributed by atoms with Gasteiger partial charge in [-0.05, 0) is 30.5 Å². The number of amides is 1.